The number of rotatable bonds is 11. The summed E-state index contributed by atoms with van der Waals surface area (Å²) in [7, 11) is 4.81. The summed E-state index contributed by atoms with van der Waals surface area (Å²) in [6.45, 7) is 1.73. The number of hydrogen-bond donors (Lipinski definition) is 1. The third kappa shape index (κ3) is 6.28. The molecule has 1 amide bonds. The Kier molecular flexibility index (Phi) is 8.41. The number of methoxy groups -OCH3 is 3. The van der Waals surface area contributed by atoms with E-state index in [9.17, 15) is 4.79 Å². The Balaban J connectivity index is 1.50. The Bertz CT molecular complexity index is 863. The lowest BCUT2D eigenvalue weighted by atomic mass is 10.1. The van der Waals surface area contributed by atoms with Gasteiger partial charge >= 0.3 is 0 Å². The molecule has 0 spiro atoms. The summed E-state index contributed by atoms with van der Waals surface area (Å²) < 4.78 is 27.6. The molecular formula is C24H31NO6. The molecule has 1 heterocycles. The van der Waals surface area contributed by atoms with Crippen LogP contribution in [-0.2, 0) is 22.5 Å². The molecule has 0 aliphatic carbocycles. The number of nitrogens with one attached hydrogen (secondary N) is 1. The van der Waals surface area contributed by atoms with Crippen LogP contribution < -0.4 is 24.3 Å². The summed E-state index contributed by atoms with van der Waals surface area (Å²) in [5, 5.41) is 2.96. The number of para-hydroxylation sites is 1. The number of aryl methyl sites for hydroxylation is 1. The predicted octanol–water partition coefficient (Wildman–Crippen LogP) is 3.52. The third-order valence-electron chi connectivity index (χ3n) is 5.27. The number of carbonyl (C=O) groups is 1. The Hall–Kier alpha value is -2.93. The molecule has 1 aliphatic rings. The van der Waals surface area contributed by atoms with Crippen molar-refractivity contribution in [3.8, 4) is 23.0 Å². The van der Waals surface area contributed by atoms with Crippen molar-refractivity contribution in [1.29, 1.82) is 0 Å². The van der Waals surface area contributed by atoms with E-state index < -0.39 is 0 Å². The van der Waals surface area contributed by atoms with Gasteiger partial charge in [0.05, 0.1) is 27.4 Å². The monoisotopic (exact) mass is 429 g/mol. The molecule has 1 aliphatic heterocycles. The zero-order chi connectivity index (χ0) is 22.1. The molecule has 7 nitrogen and oxygen atoms in total. The van der Waals surface area contributed by atoms with Crippen molar-refractivity contribution in [2.75, 3.05) is 34.5 Å². The number of benzene rings is 2. The second kappa shape index (κ2) is 11.5. The van der Waals surface area contributed by atoms with Gasteiger partial charge < -0.3 is 29.0 Å². The fourth-order valence-corrected chi connectivity index (χ4v) is 3.59. The number of amides is 1. The van der Waals surface area contributed by atoms with Crippen LogP contribution in [0.5, 0.6) is 23.0 Å². The van der Waals surface area contributed by atoms with E-state index in [1.807, 2.05) is 36.4 Å². The molecule has 1 atom stereocenters. The van der Waals surface area contributed by atoms with Gasteiger partial charge in [0.25, 0.3) is 0 Å². The lowest BCUT2D eigenvalue weighted by Gasteiger charge is -2.15. The van der Waals surface area contributed by atoms with E-state index in [0.29, 0.717) is 49.0 Å². The summed E-state index contributed by atoms with van der Waals surface area (Å²) in [4.78, 5) is 12.4. The Labute approximate surface area is 183 Å². The Morgan fingerprint density at radius 3 is 2.61 bits per heavy atom. The van der Waals surface area contributed by atoms with Gasteiger partial charge in [-0.25, -0.2) is 0 Å². The lowest BCUT2D eigenvalue weighted by Crippen LogP contribution is -2.23. The number of ether oxygens (including phenoxy) is 5. The Morgan fingerprint density at radius 1 is 1.06 bits per heavy atom. The molecule has 2 aromatic rings. The number of carbonyl (C=O) groups excluding carboxylic acids is 1. The molecule has 0 saturated carbocycles. The second-order valence-electron chi connectivity index (χ2n) is 7.36. The van der Waals surface area contributed by atoms with Gasteiger partial charge in [-0.3, -0.25) is 4.79 Å². The standard InChI is InChI=1S/C24H31NO6/c1-27-21-8-4-6-18(24(21)29-3)10-12-23(26)25-15-17-9-11-20(22(14-17)28-2)31-16-19-7-5-13-30-19/h4,6,8-9,11,14,19H,5,7,10,12-13,15-16H2,1-3H3,(H,25,26). The average molecular weight is 430 g/mol. The molecule has 31 heavy (non-hydrogen) atoms. The molecular weight excluding hydrogens is 398 g/mol. The largest absolute Gasteiger partial charge is 0.493 e. The molecule has 3 rings (SSSR count). The van der Waals surface area contributed by atoms with Crippen molar-refractivity contribution in [2.24, 2.45) is 0 Å². The van der Waals surface area contributed by atoms with Crippen molar-refractivity contribution in [3.63, 3.8) is 0 Å². The van der Waals surface area contributed by atoms with E-state index in [1.54, 1.807) is 21.3 Å². The van der Waals surface area contributed by atoms with E-state index in [1.165, 1.54) is 0 Å². The quantitative estimate of drug-likeness (QED) is 0.589. The smallest absolute Gasteiger partial charge is 0.220 e. The van der Waals surface area contributed by atoms with Crippen molar-refractivity contribution in [1.82, 2.24) is 5.32 Å². The SMILES string of the molecule is COc1cc(CNC(=O)CCc2cccc(OC)c2OC)ccc1OCC1CCCO1. The maximum Gasteiger partial charge on any atom is 0.220 e. The minimum absolute atomic E-state index is 0.0393. The maximum absolute atomic E-state index is 12.4. The minimum Gasteiger partial charge on any atom is -0.493 e. The van der Waals surface area contributed by atoms with Crippen LogP contribution in [0.2, 0.25) is 0 Å². The van der Waals surface area contributed by atoms with Crippen LogP contribution in [0.25, 0.3) is 0 Å². The van der Waals surface area contributed by atoms with Gasteiger partial charge in [-0.05, 0) is 48.6 Å². The van der Waals surface area contributed by atoms with E-state index in [0.717, 1.165) is 30.6 Å². The van der Waals surface area contributed by atoms with Gasteiger partial charge in [-0.1, -0.05) is 18.2 Å². The highest BCUT2D eigenvalue weighted by atomic mass is 16.5. The van der Waals surface area contributed by atoms with Crippen LogP contribution in [0, 0.1) is 0 Å². The third-order valence-corrected chi connectivity index (χ3v) is 5.27. The average Bonchev–Trinajstić information content (AvgIpc) is 3.33. The first-order chi connectivity index (χ1) is 15.1. The second-order valence-corrected chi connectivity index (χ2v) is 7.36. The van der Waals surface area contributed by atoms with Crippen molar-refractivity contribution in [2.45, 2.75) is 38.3 Å². The van der Waals surface area contributed by atoms with Gasteiger partial charge in [-0.15, -0.1) is 0 Å². The first-order valence-corrected chi connectivity index (χ1v) is 10.5. The van der Waals surface area contributed by atoms with Crippen LogP contribution in [0.15, 0.2) is 36.4 Å². The highest BCUT2D eigenvalue weighted by molar-refractivity contribution is 5.76. The van der Waals surface area contributed by atoms with Crippen LogP contribution in [0.4, 0.5) is 0 Å². The van der Waals surface area contributed by atoms with Gasteiger partial charge in [0, 0.05) is 19.6 Å². The molecule has 7 heteroatoms. The van der Waals surface area contributed by atoms with Crippen molar-refractivity contribution >= 4 is 5.91 Å². The van der Waals surface area contributed by atoms with Gasteiger partial charge in [0.1, 0.15) is 6.61 Å². The number of hydrogen-bond acceptors (Lipinski definition) is 6. The predicted molar refractivity (Wildman–Crippen MR) is 117 cm³/mol. The lowest BCUT2D eigenvalue weighted by molar-refractivity contribution is -0.121. The summed E-state index contributed by atoms with van der Waals surface area (Å²) in [5.74, 6) is 2.61. The fourth-order valence-electron chi connectivity index (χ4n) is 3.59. The molecule has 2 aromatic carbocycles. The summed E-state index contributed by atoms with van der Waals surface area (Å²) in [6, 6.07) is 11.4. The van der Waals surface area contributed by atoms with E-state index in [-0.39, 0.29) is 12.0 Å². The Morgan fingerprint density at radius 2 is 1.90 bits per heavy atom. The molecule has 0 radical (unpaired) electrons. The molecule has 1 unspecified atom stereocenters. The maximum atomic E-state index is 12.4. The molecule has 1 N–H and O–H groups in total. The van der Waals surface area contributed by atoms with Crippen LogP contribution in [0.3, 0.4) is 0 Å². The van der Waals surface area contributed by atoms with Crippen molar-refractivity contribution < 1.29 is 28.5 Å². The normalized spacial score (nSPS) is 15.4. The van der Waals surface area contributed by atoms with Gasteiger partial charge in [0.2, 0.25) is 5.91 Å². The van der Waals surface area contributed by atoms with E-state index in [4.69, 9.17) is 23.7 Å². The summed E-state index contributed by atoms with van der Waals surface area (Å²) >= 11 is 0. The summed E-state index contributed by atoms with van der Waals surface area (Å²) in [5.41, 5.74) is 1.88. The molecule has 1 saturated heterocycles. The fraction of sp³-hybridized carbons (Fsp3) is 0.458. The molecule has 0 aromatic heterocycles. The topological polar surface area (TPSA) is 75.3 Å². The van der Waals surface area contributed by atoms with Crippen LogP contribution in [0.1, 0.15) is 30.4 Å². The zero-order valence-electron chi connectivity index (χ0n) is 18.4. The van der Waals surface area contributed by atoms with Crippen LogP contribution in [-0.4, -0.2) is 46.6 Å². The van der Waals surface area contributed by atoms with E-state index >= 15 is 0 Å². The molecule has 1 fully saturated rings. The minimum atomic E-state index is -0.0393. The molecule has 0 bridgehead atoms. The van der Waals surface area contributed by atoms with E-state index in [2.05, 4.69) is 5.32 Å². The van der Waals surface area contributed by atoms with Crippen molar-refractivity contribution in [3.05, 3.63) is 47.5 Å². The van der Waals surface area contributed by atoms with Gasteiger partial charge in [-0.2, -0.15) is 0 Å². The zero-order valence-corrected chi connectivity index (χ0v) is 18.4. The highest BCUT2D eigenvalue weighted by Gasteiger charge is 2.17. The summed E-state index contributed by atoms with van der Waals surface area (Å²) in [6.07, 6.45) is 3.16. The first kappa shape index (κ1) is 22.7. The first-order valence-electron chi connectivity index (χ1n) is 10.5. The van der Waals surface area contributed by atoms with Gasteiger partial charge in [0.15, 0.2) is 23.0 Å². The van der Waals surface area contributed by atoms with Crippen LogP contribution >= 0.6 is 0 Å². The molecule has 168 valence electrons. The highest BCUT2D eigenvalue weighted by Crippen LogP contribution is 2.31.